The van der Waals surface area contributed by atoms with Crippen molar-refractivity contribution in [2.24, 2.45) is 0 Å². The minimum atomic E-state index is -3.66. The molecule has 2 unspecified atom stereocenters. The number of nitrogen functional groups attached to an aromatic ring is 1. The van der Waals surface area contributed by atoms with Crippen LogP contribution in [0.15, 0.2) is 23.4 Å². The summed E-state index contributed by atoms with van der Waals surface area (Å²) in [4.78, 5) is 3.89. The first-order valence-electron chi connectivity index (χ1n) is 5.77. The normalized spacial score (nSPS) is 26.1. The molecule has 0 aromatic carbocycles. The van der Waals surface area contributed by atoms with E-state index in [0.29, 0.717) is 13.2 Å². The average Bonchev–Trinajstić information content (AvgIpc) is 2.32. The van der Waals surface area contributed by atoms with Crippen molar-refractivity contribution in [1.29, 1.82) is 0 Å². The van der Waals surface area contributed by atoms with Crippen LogP contribution >= 0.6 is 0 Å². The van der Waals surface area contributed by atoms with E-state index in [1.807, 2.05) is 13.8 Å². The summed E-state index contributed by atoms with van der Waals surface area (Å²) in [7, 11) is -3.66. The lowest BCUT2D eigenvalue weighted by atomic mass is 10.2. The lowest BCUT2D eigenvalue weighted by Gasteiger charge is -2.35. The molecule has 6 nitrogen and oxygen atoms in total. The van der Waals surface area contributed by atoms with E-state index in [0.717, 1.165) is 0 Å². The molecular formula is C11H17N3O3S. The maximum Gasteiger partial charge on any atom is 0.263 e. The van der Waals surface area contributed by atoms with Crippen molar-refractivity contribution in [1.82, 2.24) is 9.29 Å². The van der Waals surface area contributed by atoms with Gasteiger partial charge in [0.2, 0.25) is 0 Å². The van der Waals surface area contributed by atoms with Crippen molar-refractivity contribution in [3.05, 3.63) is 18.3 Å². The highest BCUT2D eigenvalue weighted by Gasteiger charge is 2.35. The van der Waals surface area contributed by atoms with E-state index in [1.54, 1.807) is 6.07 Å². The third-order valence-electron chi connectivity index (χ3n) is 2.90. The van der Waals surface area contributed by atoms with Crippen molar-refractivity contribution in [3.63, 3.8) is 0 Å². The van der Waals surface area contributed by atoms with Crippen molar-refractivity contribution in [2.75, 3.05) is 18.9 Å². The second-order valence-corrected chi connectivity index (χ2v) is 6.27. The van der Waals surface area contributed by atoms with Gasteiger partial charge in [-0.05, 0) is 26.0 Å². The molecule has 2 N–H and O–H groups in total. The molecule has 0 spiro atoms. The first-order valence-corrected chi connectivity index (χ1v) is 7.21. The zero-order valence-electron chi connectivity index (χ0n) is 10.4. The van der Waals surface area contributed by atoms with E-state index in [-0.39, 0.29) is 22.9 Å². The second kappa shape index (κ2) is 4.83. The highest BCUT2D eigenvalue weighted by atomic mass is 32.2. The molecule has 1 aromatic rings. The predicted octanol–water partition coefficient (Wildman–Crippen LogP) is 0.462. The van der Waals surface area contributed by atoms with E-state index in [1.165, 1.54) is 16.6 Å². The number of rotatable bonds is 2. The standard InChI is InChI=1S/C11H17N3O3S/c1-8-7-17-9(2)6-14(8)18(15,16)11-10(12)4-3-5-13-11/h3-5,8-9H,6-7,12H2,1-2H3. The van der Waals surface area contributed by atoms with Crippen molar-refractivity contribution < 1.29 is 13.2 Å². The quantitative estimate of drug-likeness (QED) is 0.844. The van der Waals surface area contributed by atoms with E-state index in [2.05, 4.69) is 4.98 Å². The largest absolute Gasteiger partial charge is 0.396 e. The summed E-state index contributed by atoms with van der Waals surface area (Å²) in [5.41, 5.74) is 5.86. The summed E-state index contributed by atoms with van der Waals surface area (Å²) in [5.74, 6) is 0. The highest BCUT2D eigenvalue weighted by Crippen LogP contribution is 2.24. The number of sulfonamides is 1. The van der Waals surface area contributed by atoms with Gasteiger partial charge < -0.3 is 10.5 Å². The Morgan fingerprint density at radius 3 is 2.89 bits per heavy atom. The van der Waals surface area contributed by atoms with Gasteiger partial charge in [-0.25, -0.2) is 13.4 Å². The lowest BCUT2D eigenvalue weighted by Crippen LogP contribution is -2.50. The van der Waals surface area contributed by atoms with Gasteiger partial charge in [0, 0.05) is 18.8 Å². The van der Waals surface area contributed by atoms with E-state index in [9.17, 15) is 8.42 Å². The fourth-order valence-corrected chi connectivity index (χ4v) is 3.66. The number of nitrogens with two attached hydrogens (primary N) is 1. The minimum absolute atomic E-state index is 0.0778. The zero-order chi connectivity index (χ0) is 13.3. The molecule has 0 aliphatic carbocycles. The number of pyridine rings is 1. The summed E-state index contributed by atoms with van der Waals surface area (Å²) in [6.07, 6.45) is 1.30. The molecule has 18 heavy (non-hydrogen) atoms. The van der Waals surface area contributed by atoms with Gasteiger partial charge in [0.1, 0.15) is 0 Å². The highest BCUT2D eigenvalue weighted by molar-refractivity contribution is 7.89. The van der Waals surface area contributed by atoms with Crippen LogP contribution in [-0.4, -0.2) is 43.0 Å². The Bertz CT molecular complexity index is 532. The summed E-state index contributed by atoms with van der Waals surface area (Å²) in [6.45, 7) is 4.35. The Hall–Kier alpha value is -1.18. The Kier molecular flexibility index (Phi) is 3.56. The van der Waals surface area contributed by atoms with Crippen molar-refractivity contribution >= 4 is 15.7 Å². The summed E-state index contributed by atoms with van der Waals surface area (Å²) in [6, 6.07) is 2.93. The third kappa shape index (κ3) is 2.33. The van der Waals surface area contributed by atoms with Gasteiger partial charge >= 0.3 is 0 Å². The maximum atomic E-state index is 12.5. The van der Waals surface area contributed by atoms with Crippen LogP contribution in [0.1, 0.15) is 13.8 Å². The fourth-order valence-electron chi connectivity index (χ4n) is 1.94. The van der Waals surface area contributed by atoms with Gasteiger partial charge in [0.05, 0.1) is 18.4 Å². The molecule has 2 rings (SSSR count). The van der Waals surface area contributed by atoms with E-state index in [4.69, 9.17) is 10.5 Å². The maximum absolute atomic E-state index is 12.5. The van der Waals surface area contributed by atoms with Gasteiger partial charge in [-0.15, -0.1) is 0 Å². The Balaban J connectivity index is 2.39. The minimum Gasteiger partial charge on any atom is -0.396 e. The van der Waals surface area contributed by atoms with Crippen LogP contribution in [0.3, 0.4) is 0 Å². The molecule has 2 heterocycles. The fraction of sp³-hybridized carbons (Fsp3) is 0.545. The summed E-state index contributed by atoms with van der Waals surface area (Å²) >= 11 is 0. The van der Waals surface area contributed by atoms with Crippen LogP contribution in [0.4, 0.5) is 5.69 Å². The topological polar surface area (TPSA) is 85.5 Å². The first kappa shape index (κ1) is 13.3. The van der Waals surface area contributed by atoms with Crippen molar-refractivity contribution in [2.45, 2.75) is 31.0 Å². The van der Waals surface area contributed by atoms with Crippen LogP contribution in [0.2, 0.25) is 0 Å². The number of nitrogens with zero attached hydrogens (tertiary/aromatic N) is 2. The number of morpholine rings is 1. The van der Waals surface area contributed by atoms with Gasteiger partial charge in [-0.1, -0.05) is 0 Å². The molecule has 1 aliphatic heterocycles. The van der Waals surface area contributed by atoms with Crippen LogP contribution in [-0.2, 0) is 14.8 Å². The van der Waals surface area contributed by atoms with Crippen LogP contribution in [0.25, 0.3) is 0 Å². The number of hydrogen-bond donors (Lipinski definition) is 1. The number of aromatic nitrogens is 1. The summed E-state index contributed by atoms with van der Waals surface area (Å²) in [5, 5.41) is -0.0778. The molecule has 0 radical (unpaired) electrons. The molecule has 2 atom stereocenters. The summed E-state index contributed by atoms with van der Waals surface area (Å²) < 4.78 is 31.8. The Labute approximate surface area is 107 Å². The van der Waals surface area contributed by atoms with Crippen LogP contribution in [0, 0.1) is 0 Å². The lowest BCUT2D eigenvalue weighted by molar-refractivity contribution is -0.0171. The van der Waals surface area contributed by atoms with Crippen molar-refractivity contribution in [3.8, 4) is 0 Å². The molecule has 0 bridgehead atoms. The van der Waals surface area contributed by atoms with Crippen LogP contribution in [0.5, 0.6) is 0 Å². The second-order valence-electron chi connectivity index (χ2n) is 4.47. The smallest absolute Gasteiger partial charge is 0.263 e. The SMILES string of the molecule is CC1CN(S(=O)(=O)c2ncccc2N)C(C)CO1. The molecule has 1 fully saturated rings. The van der Waals surface area contributed by atoms with Gasteiger partial charge in [0.15, 0.2) is 5.03 Å². The molecule has 100 valence electrons. The molecule has 1 aromatic heterocycles. The van der Waals surface area contributed by atoms with Crippen LogP contribution < -0.4 is 5.73 Å². The molecule has 1 saturated heterocycles. The zero-order valence-corrected chi connectivity index (χ0v) is 11.2. The molecule has 7 heteroatoms. The molecular weight excluding hydrogens is 254 g/mol. The van der Waals surface area contributed by atoms with Gasteiger partial charge in [0.25, 0.3) is 10.0 Å². The van der Waals surface area contributed by atoms with Gasteiger partial charge in [-0.3, -0.25) is 0 Å². The number of anilines is 1. The Morgan fingerprint density at radius 2 is 2.22 bits per heavy atom. The molecule has 1 aliphatic rings. The average molecular weight is 271 g/mol. The first-order chi connectivity index (χ1) is 8.43. The Morgan fingerprint density at radius 1 is 1.50 bits per heavy atom. The number of hydrogen-bond acceptors (Lipinski definition) is 5. The monoisotopic (exact) mass is 271 g/mol. The molecule has 0 saturated carbocycles. The van der Waals surface area contributed by atoms with Gasteiger partial charge in [-0.2, -0.15) is 4.31 Å². The number of ether oxygens (including phenoxy) is 1. The third-order valence-corrected chi connectivity index (χ3v) is 4.86. The molecule has 0 amide bonds. The van der Waals surface area contributed by atoms with E-state index >= 15 is 0 Å². The predicted molar refractivity (Wildman–Crippen MR) is 67.4 cm³/mol. The van der Waals surface area contributed by atoms with E-state index < -0.39 is 10.0 Å².